The van der Waals surface area contributed by atoms with Crippen LogP contribution >= 0.6 is 0 Å². The van der Waals surface area contributed by atoms with Gasteiger partial charge in [0.2, 0.25) is 0 Å². The number of hydrogen-bond donors (Lipinski definition) is 1. The van der Waals surface area contributed by atoms with Crippen molar-refractivity contribution in [1.29, 1.82) is 0 Å². The molecule has 1 aromatic rings. The third kappa shape index (κ3) is 2.58. The van der Waals surface area contributed by atoms with E-state index >= 15 is 0 Å². The highest BCUT2D eigenvalue weighted by atomic mass is 16.5. The van der Waals surface area contributed by atoms with Crippen LogP contribution < -0.4 is 5.73 Å². The van der Waals surface area contributed by atoms with Gasteiger partial charge >= 0.3 is 0 Å². The molecule has 0 aliphatic carbocycles. The number of nitrogens with two attached hydrogens (primary N) is 1. The summed E-state index contributed by atoms with van der Waals surface area (Å²) in [7, 11) is 0. The first-order chi connectivity index (χ1) is 7.29. The summed E-state index contributed by atoms with van der Waals surface area (Å²) in [5.41, 5.74) is 7.31. The maximum Gasteiger partial charge on any atom is 0.0730 e. The van der Waals surface area contributed by atoms with Crippen LogP contribution in [-0.4, -0.2) is 28.5 Å². The van der Waals surface area contributed by atoms with E-state index in [1.807, 2.05) is 10.9 Å². The van der Waals surface area contributed by atoms with E-state index in [1.54, 1.807) is 0 Å². The molecule has 1 aromatic heterocycles. The Morgan fingerprint density at radius 3 is 3.20 bits per heavy atom. The summed E-state index contributed by atoms with van der Waals surface area (Å²) in [4.78, 5) is 0. The van der Waals surface area contributed by atoms with Gasteiger partial charge in [0.25, 0.3) is 0 Å². The van der Waals surface area contributed by atoms with Crippen LogP contribution in [0.4, 0.5) is 0 Å². The molecule has 0 saturated carbocycles. The zero-order chi connectivity index (χ0) is 10.7. The Morgan fingerprint density at radius 1 is 1.73 bits per heavy atom. The molecule has 0 spiro atoms. The average Bonchev–Trinajstić information content (AvgIpc) is 2.87. The molecular formula is C11H19N3O. The van der Waals surface area contributed by atoms with Gasteiger partial charge in [-0.2, -0.15) is 5.10 Å². The largest absolute Gasteiger partial charge is 0.377 e. The van der Waals surface area contributed by atoms with E-state index in [4.69, 9.17) is 10.5 Å². The van der Waals surface area contributed by atoms with Crippen molar-refractivity contribution in [2.45, 2.75) is 44.9 Å². The van der Waals surface area contributed by atoms with E-state index in [1.165, 1.54) is 5.56 Å². The normalized spacial score (nSPS) is 23.2. The Labute approximate surface area is 90.4 Å². The first-order valence-corrected chi connectivity index (χ1v) is 5.68. The summed E-state index contributed by atoms with van der Waals surface area (Å²) in [5, 5.41) is 4.23. The van der Waals surface area contributed by atoms with Crippen LogP contribution in [-0.2, 0) is 17.7 Å². The van der Waals surface area contributed by atoms with E-state index < -0.39 is 0 Å². The lowest BCUT2D eigenvalue weighted by atomic mass is 10.0. The smallest absolute Gasteiger partial charge is 0.0730 e. The molecule has 2 atom stereocenters. The maximum atomic E-state index is 6.10. The summed E-state index contributed by atoms with van der Waals surface area (Å²) >= 11 is 0. The summed E-state index contributed by atoms with van der Waals surface area (Å²) in [6, 6.07) is 0.113. The lowest BCUT2D eigenvalue weighted by molar-refractivity contribution is 0.0900. The van der Waals surface area contributed by atoms with E-state index in [0.29, 0.717) is 0 Å². The monoisotopic (exact) mass is 209 g/mol. The zero-order valence-electron chi connectivity index (χ0n) is 9.22. The summed E-state index contributed by atoms with van der Waals surface area (Å²) in [5.74, 6) is 0. The number of aryl methyl sites for hydroxylation is 1. The van der Waals surface area contributed by atoms with Crippen molar-refractivity contribution in [1.82, 2.24) is 9.78 Å². The van der Waals surface area contributed by atoms with Crippen molar-refractivity contribution < 1.29 is 4.74 Å². The number of aromatic nitrogens is 2. The molecule has 2 heterocycles. The maximum absolute atomic E-state index is 6.10. The molecule has 2 N–H and O–H groups in total. The Morgan fingerprint density at radius 2 is 2.60 bits per heavy atom. The lowest BCUT2D eigenvalue weighted by Crippen LogP contribution is -2.36. The van der Waals surface area contributed by atoms with E-state index in [-0.39, 0.29) is 12.1 Å². The molecule has 1 aliphatic rings. The Bertz CT molecular complexity index is 305. The van der Waals surface area contributed by atoms with Crippen molar-refractivity contribution in [2.24, 2.45) is 5.73 Å². The van der Waals surface area contributed by atoms with Crippen LogP contribution in [0.2, 0.25) is 0 Å². The summed E-state index contributed by atoms with van der Waals surface area (Å²) in [6.07, 6.45) is 7.32. The average molecular weight is 209 g/mol. The fourth-order valence-electron chi connectivity index (χ4n) is 2.03. The minimum atomic E-state index is 0.113. The molecule has 0 amide bonds. The van der Waals surface area contributed by atoms with Gasteiger partial charge in [-0.15, -0.1) is 0 Å². The Hall–Kier alpha value is -0.870. The molecule has 1 aliphatic heterocycles. The van der Waals surface area contributed by atoms with Gasteiger partial charge in [-0.05, 0) is 31.7 Å². The Balaban J connectivity index is 1.89. The first-order valence-electron chi connectivity index (χ1n) is 5.68. The highest BCUT2D eigenvalue weighted by Crippen LogP contribution is 2.17. The summed E-state index contributed by atoms with van der Waals surface area (Å²) < 4.78 is 7.50. The van der Waals surface area contributed by atoms with Gasteiger partial charge in [-0.1, -0.05) is 0 Å². The Kier molecular flexibility index (Phi) is 3.38. The predicted octanol–water partition coefficient (Wildman–Crippen LogP) is 0.952. The van der Waals surface area contributed by atoms with Crippen LogP contribution in [0, 0.1) is 0 Å². The molecule has 1 fully saturated rings. The molecule has 84 valence electrons. The molecule has 0 aromatic carbocycles. The lowest BCUT2D eigenvalue weighted by Gasteiger charge is -2.17. The second kappa shape index (κ2) is 4.77. The predicted molar refractivity (Wildman–Crippen MR) is 58.6 cm³/mol. The van der Waals surface area contributed by atoms with Crippen molar-refractivity contribution in [3.63, 3.8) is 0 Å². The van der Waals surface area contributed by atoms with E-state index in [9.17, 15) is 0 Å². The molecular weight excluding hydrogens is 190 g/mol. The molecule has 2 unspecified atom stereocenters. The van der Waals surface area contributed by atoms with Crippen LogP contribution in [0.15, 0.2) is 12.4 Å². The number of ether oxygens (including phenoxy) is 1. The molecule has 4 nitrogen and oxygen atoms in total. The van der Waals surface area contributed by atoms with E-state index in [2.05, 4.69) is 18.2 Å². The van der Waals surface area contributed by atoms with Gasteiger partial charge < -0.3 is 10.5 Å². The van der Waals surface area contributed by atoms with Crippen molar-refractivity contribution >= 4 is 0 Å². The molecule has 0 bridgehead atoms. The van der Waals surface area contributed by atoms with Gasteiger partial charge in [-0.3, -0.25) is 4.68 Å². The highest BCUT2D eigenvalue weighted by molar-refractivity contribution is 5.07. The minimum absolute atomic E-state index is 0.113. The quantitative estimate of drug-likeness (QED) is 0.803. The molecule has 2 rings (SSSR count). The minimum Gasteiger partial charge on any atom is -0.377 e. The number of rotatable bonds is 4. The molecule has 1 saturated heterocycles. The van der Waals surface area contributed by atoms with Crippen LogP contribution in [0.5, 0.6) is 0 Å². The van der Waals surface area contributed by atoms with Gasteiger partial charge in [0.1, 0.15) is 0 Å². The first kappa shape index (κ1) is 10.6. The SMILES string of the molecule is CCn1cc(CC(N)C2CCCO2)cn1. The van der Waals surface area contributed by atoms with Gasteiger partial charge in [0.15, 0.2) is 0 Å². The standard InChI is InChI=1S/C11H19N3O/c1-2-14-8-9(7-13-14)6-10(12)11-4-3-5-15-11/h7-8,10-11H,2-6,12H2,1H3. The van der Waals surface area contributed by atoms with Crippen LogP contribution in [0.3, 0.4) is 0 Å². The summed E-state index contributed by atoms with van der Waals surface area (Å²) in [6.45, 7) is 3.86. The third-order valence-electron chi connectivity index (χ3n) is 2.92. The van der Waals surface area contributed by atoms with E-state index in [0.717, 1.165) is 32.4 Å². The fraction of sp³-hybridized carbons (Fsp3) is 0.727. The van der Waals surface area contributed by atoms with Crippen LogP contribution in [0.1, 0.15) is 25.3 Å². The fourth-order valence-corrected chi connectivity index (χ4v) is 2.03. The van der Waals surface area contributed by atoms with Crippen LogP contribution in [0.25, 0.3) is 0 Å². The van der Waals surface area contributed by atoms with Gasteiger partial charge in [0.05, 0.1) is 12.3 Å². The van der Waals surface area contributed by atoms with Crippen molar-refractivity contribution in [3.8, 4) is 0 Å². The van der Waals surface area contributed by atoms with Gasteiger partial charge in [0, 0.05) is 25.4 Å². The van der Waals surface area contributed by atoms with Crippen molar-refractivity contribution in [2.75, 3.05) is 6.61 Å². The van der Waals surface area contributed by atoms with Crippen molar-refractivity contribution in [3.05, 3.63) is 18.0 Å². The third-order valence-corrected chi connectivity index (χ3v) is 2.92. The second-order valence-corrected chi connectivity index (χ2v) is 4.12. The van der Waals surface area contributed by atoms with Gasteiger partial charge in [-0.25, -0.2) is 0 Å². The second-order valence-electron chi connectivity index (χ2n) is 4.12. The number of hydrogen-bond acceptors (Lipinski definition) is 3. The number of nitrogens with zero attached hydrogens (tertiary/aromatic N) is 2. The topological polar surface area (TPSA) is 53.1 Å². The molecule has 4 heteroatoms. The molecule has 0 radical (unpaired) electrons. The zero-order valence-corrected chi connectivity index (χ0v) is 9.22. The molecule has 15 heavy (non-hydrogen) atoms. The highest BCUT2D eigenvalue weighted by Gasteiger charge is 2.23.